The molecule has 0 aliphatic heterocycles. The first-order chi connectivity index (χ1) is 5.57. The largest absolute Gasteiger partial charge is 0.325 e. The first-order valence-electron chi connectivity index (χ1n) is 4.30. The first-order valence-corrected chi connectivity index (χ1v) is 4.30. The van der Waals surface area contributed by atoms with Gasteiger partial charge in [-0.1, -0.05) is 13.8 Å². The third-order valence-corrected chi connectivity index (χ3v) is 2.23. The first kappa shape index (κ1) is 9.26. The summed E-state index contributed by atoms with van der Waals surface area (Å²) in [6, 6.07) is 0. The van der Waals surface area contributed by atoms with Crippen molar-refractivity contribution in [3.63, 3.8) is 0 Å². The van der Waals surface area contributed by atoms with Crippen molar-refractivity contribution in [1.29, 1.82) is 0 Å². The third kappa shape index (κ3) is 1.37. The molecular formula is C9H17N3. The number of hydrogen-bond donors (Lipinski definition) is 1. The molecule has 12 heavy (non-hydrogen) atoms. The van der Waals surface area contributed by atoms with E-state index in [-0.39, 0.29) is 0 Å². The summed E-state index contributed by atoms with van der Waals surface area (Å²) in [6.07, 6.45) is 0. The van der Waals surface area contributed by atoms with E-state index < -0.39 is 0 Å². The minimum Gasteiger partial charge on any atom is -0.325 e. The molecule has 2 N–H and O–H groups in total. The number of rotatable bonds is 2. The average Bonchev–Trinajstić information content (AvgIpc) is 2.28. The van der Waals surface area contributed by atoms with Gasteiger partial charge in [-0.15, -0.1) is 0 Å². The van der Waals surface area contributed by atoms with Crippen molar-refractivity contribution < 1.29 is 0 Å². The lowest BCUT2D eigenvalue weighted by atomic mass is 10.0. The number of nitrogens with zero attached hydrogens (tertiary/aromatic N) is 2. The van der Waals surface area contributed by atoms with E-state index in [0.29, 0.717) is 12.5 Å². The van der Waals surface area contributed by atoms with Gasteiger partial charge in [0.05, 0.1) is 5.69 Å². The molecule has 1 aromatic heterocycles. The molecular weight excluding hydrogens is 150 g/mol. The number of nitrogens with two attached hydrogens (primary N) is 1. The van der Waals surface area contributed by atoms with Crippen molar-refractivity contribution in [1.82, 2.24) is 9.78 Å². The van der Waals surface area contributed by atoms with E-state index in [1.165, 1.54) is 11.3 Å². The maximum absolute atomic E-state index is 5.59. The van der Waals surface area contributed by atoms with Gasteiger partial charge in [-0.25, -0.2) is 0 Å². The van der Waals surface area contributed by atoms with Gasteiger partial charge in [-0.05, 0) is 12.8 Å². The van der Waals surface area contributed by atoms with Gasteiger partial charge in [0.2, 0.25) is 0 Å². The summed E-state index contributed by atoms with van der Waals surface area (Å²) in [7, 11) is 1.96. The van der Waals surface area contributed by atoms with Crippen LogP contribution in [-0.4, -0.2) is 9.78 Å². The van der Waals surface area contributed by atoms with Crippen LogP contribution in [0.15, 0.2) is 0 Å². The quantitative estimate of drug-likeness (QED) is 0.721. The minimum atomic E-state index is 0.511. The molecule has 1 rings (SSSR count). The van der Waals surface area contributed by atoms with Gasteiger partial charge in [-0.2, -0.15) is 5.10 Å². The molecule has 1 aromatic rings. The Kier molecular flexibility index (Phi) is 2.52. The Labute approximate surface area is 73.6 Å². The van der Waals surface area contributed by atoms with E-state index in [1.807, 2.05) is 11.7 Å². The predicted molar refractivity (Wildman–Crippen MR) is 49.9 cm³/mol. The van der Waals surface area contributed by atoms with E-state index in [2.05, 4.69) is 25.9 Å². The zero-order valence-electron chi connectivity index (χ0n) is 8.26. The van der Waals surface area contributed by atoms with Crippen LogP contribution in [0.4, 0.5) is 0 Å². The molecule has 0 aliphatic rings. The second-order valence-corrected chi connectivity index (χ2v) is 3.43. The molecule has 0 bridgehead atoms. The molecule has 3 heteroatoms. The highest BCUT2D eigenvalue weighted by molar-refractivity contribution is 5.28. The van der Waals surface area contributed by atoms with Crippen molar-refractivity contribution >= 4 is 0 Å². The maximum Gasteiger partial charge on any atom is 0.0797 e. The summed E-state index contributed by atoms with van der Waals surface area (Å²) in [4.78, 5) is 0. The summed E-state index contributed by atoms with van der Waals surface area (Å²) in [5.41, 5.74) is 9.16. The van der Waals surface area contributed by atoms with Crippen LogP contribution < -0.4 is 5.73 Å². The van der Waals surface area contributed by atoms with Crippen LogP contribution in [0.3, 0.4) is 0 Å². The fourth-order valence-corrected chi connectivity index (χ4v) is 1.59. The van der Waals surface area contributed by atoms with Crippen LogP contribution in [0.5, 0.6) is 0 Å². The molecule has 0 amide bonds. The summed E-state index contributed by atoms with van der Waals surface area (Å²) in [6.45, 7) is 6.96. The second kappa shape index (κ2) is 3.27. The van der Waals surface area contributed by atoms with Gasteiger partial charge in [0, 0.05) is 24.8 Å². The molecule has 0 spiro atoms. The molecule has 0 unspecified atom stereocenters. The molecule has 0 radical (unpaired) electrons. The maximum atomic E-state index is 5.59. The van der Waals surface area contributed by atoms with E-state index >= 15 is 0 Å². The summed E-state index contributed by atoms with van der Waals surface area (Å²) in [5, 5.41) is 4.34. The highest BCUT2D eigenvalue weighted by atomic mass is 15.3. The monoisotopic (exact) mass is 167 g/mol. The Hall–Kier alpha value is -0.830. The molecule has 0 aliphatic carbocycles. The highest BCUT2D eigenvalue weighted by Crippen LogP contribution is 2.21. The zero-order chi connectivity index (χ0) is 9.30. The molecule has 0 fully saturated rings. The normalized spacial score (nSPS) is 11.2. The Morgan fingerprint density at radius 2 is 2.08 bits per heavy atom. The van der Waals surface area contributed by atoms with Crippen molar-refractivity contribution in [3.8, 4) is 0 Å². The lowest BCUT2D eigenvalue weighted by Crippen LogP contribution is -2.02. The van der Waals surface area contributed by atoms with Crippen molar-refractivity contribution in [2.24, 2.45) is 12.8 Å². The van der Waals surface area contributed by atoms with Crippen LogP contribution in [0.2, 0.25) is 0 Å². The number of aryl methyl sites for hydroxylation is 1. The molecule has 1 heterocycles. The van der Waals surface area contributed by atoms with Crippen LogP contribution in [0, 0.1) is 6.92 Å². The third-order valence-electron chi connectivity index (χ3n) is 2.23. The molecule has 3 nitrogen and oxygen atoms in total. The summed E-state index contributed by atoms with van der Waals surface area (Å²) < 4.78 is 1.90. The minimum absolute atomic E-state index is 0.511. The van der Waals surface area contributed by atoms with Crippen molar-refractivity contribution in [2.75, 3.05) is 0 Å². The van der Waals surface area contributed by atoms with Gasteiger partial charge in [0.15, 0.2) is 0 Å². The Morgan fingerprint density at radius 1 is 1.50 bits per heavy atom. The lowest BCUT2D eigenvalue weighted by molar-refractivity contribution is 0.720. The Balaban J connectivity index is 3.21. The molecule has 0 saturated carbocycles. The van der Waals surface area contributed by atoms with Crippen LogP contribution in [0.25, 0.3) is 0 Å². The van der Waals surface area contributed by atoms with E-state index in [4.69, 9.17) is 5.73 Å². The summed E-state index contributed by atoms with van der Waals surface area (Å²) in [5.74, 6) is 0.511. The summed E-state index contributed by atoms with van der Waals surface area (Å²) >= 11 is 0. The van der Waals surface area contributed by atoms with Gasteiger partial charge in [0.1, 0.15) is 0 Å². The van der Waals surface area contributed by atoms with E-state index in [1.54, 1.807) is 0 Å². The fraction of sp³-hybridized carbons (Fsp3) is 0.667. The van der Waals surface area contributed by atoms with Gasteiger partial charge in [-0.3, -0.25) is 4.68 Å². The number of aromatic nitrogens is 2. The van der Waals surface area contributed by atoms with E-state index in [0.717, 1.165) is 5.69 Å². The van der Waals surface area contributed by atoms with Gasteiger partial charge < -0.3 is 5.73 Å². The molecule has 0 aromatic carbocycles. The topological polar surface area (TPSA) is 43.8 Å². The SMILES string of the molecule is Cc1c(C(C)C)c(CN)nn1C. The van der Waals surface area contributed by atoms with Crippen LogP contribution in [0.1, 0.15) is 36.7 Å². The Morgan fingerprint density at radius 3 is 2.42 bits per heavy atom. The highest BCUT2D eigenvalue weighted by Gasteiger charge is 2.13. The molecule has 0 saturated heterocycles. The fourth-order valence-electron chi connectivity index (χ4n) is 1.59. The molecule has 68 valence electrons. The van der Waals surface area contributed by atoms with Gasteiger partial charge in [0.25, 0.3) is 0 Å². The Bertz CT molecular complexity index is 274. The standard InChI is InChI=1S/C9H17N3/c1-6(2)9-7(3)12(4)11-8(9)5-10/h6H,5,10H2,1-4H3. The van der Waals surface area contributed by atoms with Crippen LogP contribution >= 0.6 is 0 Å². The zero-order valence-corrected chi connectivity index (χ0v) is 8.26. The van der Waals surface area contributed by atoms with Gasteiger partial charge >= 0.3 is 0 Å². The van der Waals surface area contributed by atoms with Crippen molar-refractivity contribution in [2.45, 2.75) is 33.2 Å². The van der Waals surface area contributed by atoms with E-state index in [9.17, 15) is 0 Å². The smallest absolute Gasteiger partial charge is 0.0797 e. The molecule has 0 atom stereocenters. The number of hydrogen-bond acceptors (Lipinski definition) is 2. The average molecular weight is 167 g/mol. The van der Waals surface area contributed by atoms with Crippen molar-refractivity contribution in [3.05, 3.63) is 17.0 Å². The van der Waals surface area contributed by atoms with Crippen LogP contribution in [-0.2, 0) is 13.6 Å². The second-order valence-electron chi connectivity index (χ2n) is 3.43. The predicted octanol–water partition coefficient (Wildman–Crippen LogP) is 1.31. The lowest BCUT2D eigenvalue weighted by Gasteiger charge is -2.05.